The monoisotopic (exact) mass is 398 g/mol. The van der Waals surface area contributed by atoms with Crippen molar-refractivity contribution in [2.75, 3.05) is 25.3 Å². The average Bonchev–Trinajstić information content (AvgIpc) is 3.04. The Morgan fingerprint density at radius 2 is 2.15 bits per heavy atom. The van der Waals surface area contributed by atoms with Gasteiger partial charge in [-0.2, -0.15) is 0 Å². The molecule has 2 heterocycles. The van der Waals surface area contributed by atoms with Gasteiger partial charge in [-0.05, 0) is 18.4 Å². The quantitative estimate of drug-likeness (QED) is 0.317. The third kappa shape index (κ3) is 4.76. The van der Waals surface area contributed by atoms with Gasteiger partial charge in [0.1, 0.15) is 11.8 Å². The standard InChI is InChI=1S/C15H20N5O6P/c1-15(2,10(5-21)6-22)14(23)26-27(24)9-25-4-3-20-8-19-11-12(16)17-7-18-13(11)20/h5,7-8,22H,3-4,6,9H2,1-2H3,(H2-,16,17,18,21)/p+1. The Labute approximate surface area is 155 Å². The average molecular weight is 398 g/mol. The molecule has 11 nitrogen and oxygen atoms in total. The first-order valence-corrected chi connectivity index (χ1v) is 9.28. The van der Waals surface area contributed by atoms with Crippen LogP contribution in [-0.4, -0.2) is 55.3 Å². The topological polar surface area (TPSA) is 163 Å². The molecule has 2 aromatic rings. The molecule has 0 aliphatic heterocycles. The molecule has 0 radical (unpaired) electrons. The molecule has 12 heteroatoms. The van der Waals surface area contributed by atoms with Crippen molar-refractivity contribution in [3.05, 3.63) is 24.5 Å². The van der Waals surface area contributed by atoms with Crippen LogP contribution in [0.5, 0.6) is 0 Å². The smallest absolute Gasteiger partial charge is 0.516 e. The Morgan fingerprint density at radius 1 is 1.41 bits per heavy atom. The van der Waals surface area contributed by atoms with Crippen LogP contribution in [0.25, 0.3) is 11.2 Å². The number of nitrogens with zero attached hydrogens (tertiary/aromatic N) is 4. The number of hydrogen-bond acceptors (Lipinski definition) is 10. The number of imidazole rings is 1. The van der Waals surface area contributed by atoms with Crippen LogP contribution in [0.15, 0.2) is 24.5 Å². The second-order valence-electron chi connectivity index (χ2n) is 6.06. The Kier molecular flexibility index (Phi) is 6.78. The zero-order chi connectivity index (χ0) is 20.0. The number of carbonyl (C=O) groups excluding carboxylic acids is 1. The highest BCUT2D eigenvalue weighted by Crippen LogP contribution is 2.33. The fraction of sp³-hybridized carbons (Fsp3) is 0.467. The van der Waals surface area contributed by atoms with E-state index in [9.17, 15) is 9.36 Å². The third-order valence-corrected chi connectivity index (χ3v) is 4.69. The summed E-state index contributed by atoms with van der Waals surface area (Å²) < 4.78 is 23.7. The van der Waals surface area contributed by atoms with Crippen LogP contribution in [0.3, 0.4) is 0 Å². The van der Waals surface area contributed by atoms with Crippen molar-refractivity contribution in [2.24, 2.45) is 5.41 Å². The number of hydrogen-bond donors (Lipinski definition) is 3. The van der Waals surface area contributed by atoms with E-state index in [1.165, 1.54) is 20.2 Å². The number of aliphatic hydroxyl groups is 2. The predicted molar refractivity (Wildman–Crippen MR) is 95.8 cm³/mol. The Balaban J connectivity index is 1.82. The maximum Gasteiger partial charge on any atom is 0.588 e. The van der Waals surface area contributed by atoms with Crippen LogP contribution >= 0.6 is 8.03 Å². The van der Waals surface area contributed by atoms with Gasteiger partial charge in [0.2, 0.25) is 0 Å². The van der Waals surface area contributed by atoms with Gasteiger partial charge in [-0.3, -0.25) is 0 Å². The second-order valence-corrected chi connectivity index (χ2v) is 7.16. The molecule has 0 saturated heterocycles. The SMILES string of the molecule is CC(C)(C(=O)O[P+](=O)COCCn1cnc2c(N)ncnc21)C(=CO)CO. The lowest BCUT2D eigenvalue weighted by Gasteiger charge is -2.20. The van der Waals surface area contributed by atoms with Crippen LogP contribution in [0.2, 0.25) is 0 Å². The van der Waals surface area contributed by atoms with Gasteiger partial charge in [-0.1, -0.05) is 0 Å². The zero-order valence-electron chi connectivity index (χ0n) is 14.9. The lowest BCUT2D eigenvalue weighted by atomic mass is 9.85. The van der Waals surface area contributed by atoms with Gasteiger partial charge < -0.3 is 25.3 Å². The Morgan fingerprint density at radius 3 is 2.81 bits per heavy atom. The van der Waals surface area contributed by atoms with Gasteiger partial charge in [-0.25, -0.2) is 24.3 Å². The van der Waals surface area contributed by atoms with Crippen molar-refractivity contribution in [3.8, 4) is 0 Å². The van der Waals surface area contributed by atoms with Crippen molar-refractivity contribution in [2.45, 2.75) is 20.4 Å². The number of nitrogen functional groups attached to an aromatic ring is 1. The number of aliphatic hydroxyl groups excluding tert-OH is 2. The minimum Gasteiger partial charge on any atom is -0.516 e. The first-order valence-electron chi connectivity index (χ1n) is 7.92. The Hall–Kier alpha value is -2.62. The molecule has 4 N–H and O–H groups in total. The van der Waals surface area contributed by atoms with E-state index in [2.05, 4.69) is 15.0 Å². The maximum absolute atomic E-state index is 12.1. The molecule has 1 atom stereocenters. The molecule has 27 heavy (non-hydrogen) atoms. The van der Waals surface area contributed by atoms with E-state index < -0.39 is 26.0 Å². The van der Waals surface area contributed by atoms with Crippen molar-refractivity contribution < 1.29 is 28.8 Å². The van der Waals surface area contributed by atoms with Gasteiger partial charge >= 0.3 is 14.0 Å². The van der Waals surface area contributed by atoms with E-state index in [0.29, 0.717) is 24.0 Å². The minimum atomic E-state index is -2.41. The maximum atomic E-state index is 12.1. The highest BCUT2D eigenvalue weighted by Gasteiger charge is 2.39. The first kappa shape index (κ1) is 20.7. The summed E-state index contributed by atoms with van der Waals surface area (Å²) in [6.45, 7) is 2.90. The van der Waals surface area contributed by atoms with Gasteiger partial charge in [0, 0.05) is 12.1 Å². The molecule has 2 rings (SSSR count). The van der Waals surface area contributed by atoms with E-state index in [4.69, 9.17) is 25.2 Å². The van der Waals surface area contributed by atoms with E-state index in [1.807, 2.05) is 0 Å². The molecular weight excluding hydrogens is 377 g/mol. The number of fused-ring (bicyclic) bond motifs is 1. The highest BCUT2D eigenvalue weighted by atomic mass is 31.1. The summed E-state index contributed by atoms with van der Waals surface area (Å²) in [4.78, 5) is 24.1. The van der Waals surface area contributed by atoms with E-state index >= 15 is 0 Å². The number of ether oxygens (including phenoxy) is 1. The van der Waals surface area contributed by atoms with Gasteiger partial charge in [-0.15, -0.1) is 0 Å². The third-order valence-electron chi connectivity index (χ3n) is 3.93. The number of aromatic nitrogens is 4. The van der Waals surface area contributed by atoms with Crippen molar-refractivity contribution >= 4 is 31.0 Å². The first-order chi connectivity index (χ1) is 12.8. The number of rotatable bonds is 9. The van der Waals surface area contributed by atoms with Gasteiger partial charge in [0.05, 0.1) is 31.2 Å². The molecule has 0 saturated carbocycles. The lowest BCUT2D eigenvalue weighted by Crippen LogP contribution is -2.29. The molecule has 0 amide bonds. The van der Waals surface area contributed by atoms with E-state index in [-0.39, 0.29) is 24.3 Å². The summed E-state index contributed by atoms with van der Waals surface area (Å²) in [5.74, 6) is -0.564. The van der Waals surface area contributed by atoms with Crippen LogP contribution in [0.4, 0.5) is 5.82 Å². The molecule has 2 aromatic heterocycles. The highest BCUT2D eigenvalue weighted by molar-refractivity contribution is 7.39. The number of nitrogens with two attached hydrogens (primary N) is 1. The summed E-state index contributed by atoms with van der Waals surface area (Å²) >= 11 is 0. The summed E-state index contributed by atoms with van der Waals surface area (Å²) in [5.41, 5.74) is 5.47. The molecule has 1 unspecified atom stereocenters. The number of carbonyl (C=O) groups is 1. The molecule has 0 aliphatic rings. The molecule has 0 bridgehead atoms. The molecule has 0 fully saturated rings. The molecule has 0 aliphatic carbocycles. The van der Waals surface area contributed by atoms with Crippen LogP contribution in [0.1, 0.15) is 13.8 Å². The lowest BCUT2D eigenvalue weighted by molar-refractivity contribution is -0.141. The van der Waals surface area contributed by atoms with Gasteiger partial charge in [0.25, 0.3) is 6.35 Å². The fourth-order valence-corrected chi connectivity index (χ4v) is 2.87. The summed E-state index contributed by atoms with van der Waals surface area (Å²) in [6, 6.07) is 0. The summed E-state index contributed by atoms with van der Waals surface area (Å²) in [6.07, 6.45) is 3.21. The van der Waals surface area contributed by atoms with Crippen LogP contribution < -0.4 is 5.73 Å². The number of anilines is 1. The van der Waals surface area contributed by atoms with E-state index in [0.717, 1.165) is 0 Å². The fourth-order valence-electron chi connectivity index (χ4n) is 2.13. The largest absolute Gasteiger partial charge is 0.588 e. The van der Waals surface area contributed by atoms with Crippen molar-refractivity contribution in [1.29, 1.82) is 0 Å². The molecular formula is C15H21N5O6P+. The zero-order valence-corrected chi connectivity index (χ0v) is 15.8. The van der Waals surface area contributed by atoms with Gasteiger partial charge in [0.15, 0.2) is 11.5 Å². The van der Waals surface area contributed by atoms with Crippen molar-refractivity contribution in [1.82, 2.24) is 19.5 Å². The summed E-state index contributed by atoms with van der Waals surface area (Å²) in [5, 5.41) is 18.2. The predicted octanol–water partition coefficient (Wildman–Crippen LogP) is 1.13. The summed E-state index contributed by atoms with van der Waals surface area (Å²) in [7, 11) is -2.41. The van der Waals surface area contributed by atoms with Crippen LogP contribution in [-0.2, 0) is 25.2 Å². The minimum absolute atomic E-state index is 0.0464. The van der Waals surface area contributed by atoms with Crippen LogP contribution in [0, 0.1) is 5.41 Å². The normalized spacial score (nSPS) is 13.0. The molecule has 0 aromatic carbocycles. The molecule has 146 valence electrons. The molecule has 0 spiro atoms. The van der Waals surface area contributed by atoms with E-state index in [1.54, 1.807) is 10.9 Å². The van der Waals surface area contributed by atoms with Crippen molar-refractivity contribution in [3.63, 3.8) is 0 Å². The second kappa shape index (κ2) is 8.85. The Bertz CT molecular complexity index is 865.